The van der Waals surface area contributed by atoms with Crippen molar-refractivity contribution in [3.05, 3.63) is 53.1 Å². The Labute approximate surface area is 150 Å². The van der Waals surface area contributed by atoms with Crippen LogP contribution in [0.25, 0.3) is 0 Å². The van der Waals surface area contributed by atoms with Crippen molar-refractivity contribution >= 4 is 10.0 Å². The van der Waals surface area contributed by atoms with E-state index >= 15 is 0 Å². The minimum atomic E-state index is -3.64. The van der Waals surface area contributed by atoms with E-state index in [9.17, 15) is 8.42 Å². The van der Waals surface area contributed by atoms with Crippen LogP contribution in [0, 0.1) is 20.8 Å². The highest BCUT2D eigenvalue weighted by molar-refractivity contribution is 7.89. The number of methoxy groups -OCH3 is 1. The third-order valence-electron chi connectivity index (χ3n) is 3.82. The van der Waals surface area contributed by atoms with E-state index in [2.05, 4.69) is 4.72 Å². The molecular formula is C19H25NO4S. The number of rotatable bonds is 7. The van der Waals surface area contributed by atoms with E-state index in [1.54, 1.807) is 40.0 Å². The lowest BCUT2D eigenvalue weighted by Gasteiger charge is -2.18. The summed E-state index contributed by atoms with van der Waals surface area (Å²) in [5.41, 5.74) is 2.44. The Morgan fingerprint density at radius 3 is 2.08 bits per heavy atom. The Morgan fingerprint density at radius 1 is 1.00 bits per heavy atom. The Bertz CT molecular complexity index is 806. The van der Waals surface area contributed by atoms with E-state index in [1.807, 2.05) is 31.2 Å². The van der Waals surface area contributed by atoms with E-state index in [-0.39, 0.29) is 17.5 Å². The lowest BCUT2D eigenvalue weighted by Crippen LogP contribution is -2.37. The van der Waals surface area contributed by atoms with E-state index in [0.717, 1.165) is 5.56 Å². The molecule has 2 rings (SSSR count). The average molecular weight is 363 g/mol. The van der Waals surface area contributed by atoms with Gasteiger partial charge in [0, 0.05) is 0 Å². The molecule has 25 heavy (non-hydrogen) atoms. The molecule has 0 heterocycles. The van der Waals surface area contributed by atoms with Crippen molar-refractivity contribution in [2.45, 2.75) is 38.6 Å². The monoisotopic (exact) mass is 363 g/mol. The number of ether oxygens (including phenoxy) is 2. The van der Waals surface area contributed by atoms with Gasteiger partial charge in [0.2, 0.25) is 10.0 Å². The molecule has 5 nitrogen and oxygen atoms in total. The Kier molecular flexibility index (Phi) is 6.08. The standard InChI is InChI=1S/C19H25NO4S/c1-13-6-8-17(9-7-13)24-12-16(4)20-25(21,22)19-14(2)10-18(23-5)11-15(19)3/h6-11,16,20H,12H2,1-5H3/t16-/m1/s1. The molecule has 0 fully saturated rings. The van der Waals surface area contributed by atoms with Crippen LogP contribution in [0.2, 0.25) is 0 Å². The summed E-state index contributed by atoms with van der Waals surface area (Å²) >= 11 is 0. The normalized spacial score (nSPS) is 12.7. The molecule has 136 valence electrons. The molecule has 2 aromatic rings. The molecule has 0 aliphatic rings. The smallest absolute Gasteiger partial charge is 0.241 e. The third-order valence-corrected chi connectivity index (χ3v) is 5.71. The van der Waals surface area contributed by atoms with Crippen LogP contribution in [0.15, 0.2) is 41.3 Å². The van der Waals surface area contributed by atoms with Crippen LogP contribution in [0.1, 0.15) is 23.6 Å². The van der Waals surface area contributed by atoms with Gasteiger partial charge in [0.25, 0.3) is 0 Å². The summed E-state index contributed by atoms with van der Waals surface area (Å²) in [6, 6.07) is 10.7. The molecule has 0 saturated heterocycles. The zero-order valence-electron chi connectivity index (χ0n) is 15.3. The summed E-state index contributed by atoms with van der Waals surface area (Å²) in [4.78, 5) is 0.287. The van der Waals surface area contributed by atoms with Gasteiger partial charge in [-0.3, -0.25) is 0 Å². The van der Waals surface area contributed by atoms with Crippen molar-refractivity contribution in [1.29, 1.82) is 0 Å². The molecule has 0 spiro atoms. The highest BCUT2D eigenvalue weighted by atomic mass is 32.2. The van der Waals surface area contributed by atoms with Crippen molar-refractivity contribution in [1.82, 2.24) is 4.72 Å². The summed E-state index contributed by atoms with van der Waals surface area (Å²) in [6.45, 7) is 7.55. The first-order valence-corrected chi connectivity index (χ1v) is 9.58. The van der Waals surface area contributed by atoms with E-state index in [1.165, 1.54) is 0 Å². The summed E-state index contributed by atoms with van der Waals surface area (Å²) < 4.78 is 39.0. The number of benzene rings is 2. The second-order valence-corrected chi connectivity index (χ2v) is 7.89. The Hall–Kier alpha value is -2.05. The molecule has 0 aliphatic carbocycles. The average Bonchev–Trinajstić information content (AvgIpc) is 2.52. The zero-order chi connectivity index (χ0) is 18.6. The molecule has 6 heteroatoms. The molecule has 0 aliphatic heterocycles. The Morgan fingerprint density at radius 2 is 1.56 bits per heavy atom. The van der Waals surface area contributed by atoms with Gasteiger partial charge in [-0.2, -0.15) is 0 Å². The highest BCUT2D eigenvalue weighted by Gasteiger charge is 2.22. The molecule has 2 aromatic carbocycles. The number of sulfonamides is 1. The van der Waals surface area contributed by atoms with Crippen LogP contribution in [0.3, 0.4) is 0 Å². The van der Waals surface area contributed by atoms with Gasteiger partial charge in [-0.05, 0) is 63.1 Å². The minimum Gasteiger partial charge on any atom is -0.497 e. The van der Waals surface area contributed by atoms with Crippen LogP contribution in [-0.2, 0) is 10.0 Å². The van der Waals surface area contributed by atoms with E-state index < -0.39 is 10.0 Å². The maximum Gasteiger partial charge on any atom is 0.241 e. The Balaban J connectivity index is 2.09. The highest BCUT2D eigenvalue weighted by Crippen LogP contribution is 2.25. The molecule has 0 amide bonds. The zero-order valence-corrected chi connectivity index (χ0v) is 16.1. The topological polar surface area (TPSA) is 64.6 Å². The second kappa shape index (κ2) is 7.89. The first-order chi connectivity index (χ1) is 11.7. The lowest BCUT2D eigenvalue weighted by molar-refractivity contribution is 0.287. The summed E-state index contributed by atoms with van der Waals surface area (Å²) in [5, 5.41) is 0. The third kappa shape index (κ3) is 4.96. The van der Waals surface area contributed by atoms with Gasteiger partial charge in [0.05, 0.1) is 18.0 Å². The maximum atomic E-state index is 12.7. The molecule has 0 bridgehead atoms. The molecular weight excluding hydrogens is 338 g/mol. The predicted molar refractivity (Wildman–Crippen MR) is 98.9 cm³/mol. The second-order valence-electron chi connectivity index (χ2n) is 6.24. The van der Waals surface area contributed by atoms with Gasteiger partial charge in [-0.25, -0.2) is 13.1 Å². The molecule has 0 unspecified atom stereocenters. The van der Waals surface area contributed by atoms with Gasteiger partial charge in [0.1, 0.15) is 18.1 Å². The van der Waals surface area contributed by atoms with Crippen molar-refractivity contribution < 1.29 is 17.9 Å². The predicted octanol–water partition coefficient (Wildman–Crippen LogP) is 3.37. The molecule has 0 radical (unpaired) electrons. The van der Waals surface area contributed by atoms with Crippen LogP contribution >= 0.6 is 0 Å². The molecule has 1 N–H and O–H groups in total. The van der Waals surface area contributed by atoms with Crippen molar-refractivity contribution in [2.24, 2.45) is 0 Å². The first-order valence-electron chi connectivity index (χ1n) is 8.10. The van der Waals surface area contributed by atoms with E-state index in [4.69, 9.17) is 9.47 Å². The van der Waals surface area contributed by atoms with Crippen molar-refractivity contribution in [3.8, 4) is 11.5 Å². The largest absolute Gasteiger partial charge is 0.497 e. The van der Waals surface area contributed by atoms with Crippen LogP contribution in [-0.4, -0.2) is 28.2 Å². The van der Waals surface area contributed by atoms with Crippen molar-refractivity contribution in [3.63, 3.8) is 0 Å². The molecule has 1 atom stereocenters. The maximum absolute atomic E-state index is 12.7. The molecule has 0 aromatic heterocycles. The van der Waals surface area contributed by atoms with Crippen molar-refractivity contribution in [2.75, 3.05) is 13.7 Å². The number of hydrogen-bond acceptors (Lipinski definition) is 4. The fraction of sp³-hybridized carbons (Fsp3) is 0.368. The molecule has 0 saturated carbocycles. The lowest BCUT2D eigenvalue weighted by atomic mass is 10.1. The van der Waals surface area contributed by atoms with Crippen LogP contribution in [0.4, 0.5) is 0 Å². The first kappa shape index (κ1) is 19.3. The SMILES string of the molecule is COc1cc(C)c(S(=O)(=O)N[C@H](C)COc2ccc(C)cc2)c(C)c1. The van der Waals surface area contributed by atoms with Crippen LogP contribution < -0.4 is 14.2 Å². The number of nitrogens with one attached hydrogen (secondary N) is 1. The van der Waals surface area contributed by atoms with Gasteiger partial charge in [-0.1, -0.05) is 17.7 Å². The van der Waals surface area contributed by atoms with Gasteiger partial charge >= 0.3 is 0 Å². The number of aryl methyl sites for hydroxylation is 3. The van der Waals surface area contributed by atoms with Crippen LogP contribution in [0.5, 0.6) is 11.5 Å². The fourth-order valence-corrected chi connectivity index (χ4v) is 4.35. The van der Waals surface area contributed by atoms with Gasteiger partial charge < -0.3 is 9.47 Å². The fourth-order valence-electron chi connectivity index (χ4n) is 2.67. The quantitative estimate of drug-likeness (QED) is 0.819. The van der Waals surface area contributed by atoms with E-state index in [0.29, 0.717) is 22.6 Å². The summed E-state index contributed by atoms with van der Waals surface area (Å²) in [7, 11) is -2.08. The summed E-state index contributed by atoms with van der Waals surface area (Å²) in [5.74, 6) is 1.36. The van der Waals surface area contributed by atoms with Gasteiger partial charge in [-0.15, -0.1) is 0 Å². The van der Waals surface area contributed by atoms with Gasteiger partial charge in [0.15, 0.2) is 0 Å². The summed E-state index contributed by atoms with van der Waals surface area (Å²) in [6.07, 6.45) is 0. The minimum absolute atomic E-state index is 0.247. The number of hydrogen-bond donors (Lipinski definition) is 1.